The number of anilines is 3. The van der Waals surface area contributed by atoms with Crippen LogP contribution in [0.15, 0.2) is 35.3 Å². The molecule has 3 atom stereocenters. The van der Waals surface area contributed by atoms with Crippen molar-refractivity contribution in [3.63, 3.8) is 0 Å². The molecule has 0 bridgehead atoms. The zero-order chi connectivity index (χ0) is 21.0. The Morgan fingerprint density at radius 2 is 1.93 bits per heavy atom. The molecule has 8 heteroatoms. The molecule has 1 aromatic heterocycles. The topological polar surface area (TPSA) is 51.9 Å². The van der Waals surface area contributed by atoms with Crippen molar-refractivity contribution in [1.29, 1.82) is 0 Å². The van der Waals surface area contributed by atoms with Crippen LogP contribution in [0.3, 0.4) is 0 Å². The van der Waals surface area contributed by atoms with Crippen LogP contribution in [0.5, 0.6) is 0 Å². The molecule has 0 spiro atoms. The number of thiocarbonyl (C=S) groups is 1. The number of hydrogen-bond acceptors (Lipinski definition) is 6. The Morgan fingerprint density at radius 3 is 2.63 bits per heavy atom. The minimum atomic E-state index is 0.204. The van der Waals surface area contributed by atoms with E-state index < -0.39 is 0 Å². The normalized spacial score (nSPS) is 26.1. The van der Waals surface area contributed by atoms with Crippen LogP contribution in [0.25, 0.3) is 0 Å². The van der Waals surface area contributed by atoms with E-state index in [2.05, 4.69) is 52.8 Å². The lowest BCUT2D eigenvalue weighted by Gasteiger charge is -2.35. The van der Waals surface area contributed by atoms with Gasteiger partial charge in [-0.05, 0) is 51.9 Å². The number of likely N-dealkylation sites (tertiary alicyclic amines) is 1. The number of aromatic nitrogens is 2. The van der Waals surface area contributed by atoms with Crippen molar-refractivity contribution in [3.8, 4) is 0 Å². The molecule has 0 radical (unpaired) electrons. The Hall–Kier alpha value is -2.45. The molecule has 1 fully saturated rings. The number of rotatable bonds is 4. The third-order valence-electron chi connectivity index (χ3n) is 6.58. The molecule has 1 aromatic carbocycles. The largest absolute Gasteiger partial charge is 0.340 e. The number of para-hydroxylation sites is 1. The lowest BCUT2D eigenvalue weighted by molar-refractivity contribution is 0.371. The van der Waals surface area contributed by atoms with E-state index in [0.717, 1.165) is 53.5 Å². The zero-order valence-electron chi connectivity index (χ0n) is 18.0. The number of nitrogens with zero attached hydrogens (tertiary/aromatic N) is 6. The van der Waals surface area contributed by atoms with E-state index in [9.17, 15) is 0 Å². The Kier molecular flexibility index (Phi) is 4.78. The first-order valence-corrected chi connectivity index (χ1v) is 11.1. The minimum absolute atomic E-state index is 0.204. The van der Waals surface area contributed by atoms with Gasteiger partial charge >= 0.3 is 0 Å². The number of hydrogen-bond donors (Lipinski definition) is 1. The van der Waals surface area contributed by atoms with Crippen LogP contribution < -0.4 is 10.2 Å². The summed E-state index contributed by atoms with van der Waals surface area (Å²) in [5.41, 5.74) is 2.04. The smallest absolute Gasteiger partial charge is 0.208 e. The highest BCUT2D eigenvalue weighted by Crippen LogP contribution is 2.39. The van der Waals surface area contributed by atoms with Gasteiger partial charge in [-0.3, -0.25) is 4.90 Å². The van der Waals surface area contributed by atoms with Crippen molar-refractivity contribution >= 4 is 40.5 Å². The molecule has 1 N–H and O–H groups in total. The van der Waals surface area contributed by atoms with Crippen LogP contribution in [0.2, 0.25) is 0 Å². The Labute approximate surface area is 183 Å². The Bertz CT molecular complexity index is 998. The first-order valence-electron chi connectivity index (χ1n) is 10.7. The van der Waals surface area contributed by atoms with Crippen LogP contribution >= 0.6 is 12.2 Å². The number of guanidine groups is 1. The Balaban J connectivity index is 1.61. The molecular formula is C22H29N7S. The molecule has 7 nitrogen and oxygen atoms in total. The maximum Gasteiger partial charge on any atom is 0.208 e. The molecule has 3 aliphatic rings. The molecule has 1 saturated heterocycles. The molecule has 3 aliphatic heterocycles. The fraction of sp³-hybridized carbons (Fsp3) is 0.500. The summed E-state index contributed by atoms with van der Waals surface area (Å²) in [7, 11) is 4.20. The highest BCUT2D eigenvalue weighted by Gasteiger charge is 2.44. The summed E-state index contributed by atoms with van der Waals surface area (Å²) in [5.74, 6) is 3.40. The van der Waals surface area contributed by atoms with Gasteiger partial charge in [-0.2, -0.15) is 5.10 Å². The van der Waals surface area contributed by atoms with Gasteiger partial charge in [-0.25, -0.2) is 9.67 Å². The summed E-state index contributed by atoms with van der Waals surface area (Å²) in [5, 5.41) is 8.74. The molecule has 0 amide bonds. The first kappa shape index (κ1) is 19.5. The lowest BCUT2D eigenvalue weighted by Crippen LogP contribution is -2.50. The highest BCUT2D eigenvalue weighted by atomic mass is 32.1. The van der Waals surface area contributed by atoms with Crippen LogP contribution in [0, 0.1) is 5.92 Å². The van der Waals surface area contributed by atoms with Gasteiger partial charge in [0.1, 0.15) is 10.8 Å². The molecule has 0 saturated carbocycles. The van der Waals surface area contributed by atoms with E-state index in [-0.39, 0.29) is 12.1 Å². The summed E-state index contributed by atoms with van der Waals surface area (Å²) in [6.45, 7) is 7.49. The maximum atomic E-state index is 5.92. The van der Waals surface area contributed by atoms with Crippen molar-refractivity contribution < 1.29 is 0 Å². The standard InChI is InChI=1S/C22H29N7S/c1-14-15(2)29-20-18(21(30)27(4)22(29)23-14)19(24-17-8-6-5-7-9-17)28(25-20)13-16-10-11-26(3)12-16/h5-9,14-16,24H,10-13H2,1-4H3. The predicted octanol–water partition coefficient (Wildman–Crippen LogP) is 3.15. The van der Waals surface area contributed by atoms with E-state index >= 15 is 0 Å². The number of benzene rings is 1. The van der Waals surface area contributed by atoms with E-state index in [4.69, 9.17) is 22.3 Å². The lowest BCUT2D eigenvalue weighted by atomic mass is 10.1. The van der Waals surface area contributed by atoms with E-state index in [1.54, 1.807) is 0 Å². The second-order valence-electron chi connectivity index (χ2n) is 8.78. The SMILES string of the molecule is CC1N=C2N(C)C(=S)c3c(nn(CC4CCN(C)C4)c3Nc3ccccc3)N2C1C. The summed E-state index contributed by atoms with van der Waals surface area (Å²) in [6, 6.07) is 10.7. The van der Waals surface area contributed by atoms with Crippen LogP contribution in [-0.4, -0.2) is 69.8 Å². The molecule has 4 heterocycles. The highest BCUT2D eigenvalue weighted by molar-refractivity contribution is 7.80. The summed E-state index contributed by atoms with van der Waals surface area (Å²) in [4.78, 5) is 12.3. The predicted molar refractivity (Wildman–Crippen MR) is 126 cm³/mol. The van der Waals surface area contributed by atoms with Gasteiger partial charge in [0.2, 0.25) is 5.96 Å². The van der Waals surface area contributed by atoms with Crippen LogP contribution in [0.1, 0.15) is 25.8 Å². The molecule has 2 aromatic rings. The monoisotopic (exact) mass is 423 g/mol. The van der Waals surface area contributed by atoms with Crippen molar-refractivity contribution in [2.75, 3.05) is 37.4 Å². The van der Waals surface area contributed by atoms with Crippen LogP contribution in [0.4, 0.5) is 17.3 Å². The average molecular weight is 424 g/mol. The van der Waals surface area contributed by atoms with Gasteiger partial charge in [0.25, 0.3) is 0 Å². The second-order valence-corrected chi connectivity index (χ2v) is 9.17. The summed E-state index contributed by atoms with van der Waals surface area (Å²) < 4.78 is 2.14. The van der Waals surface area contributed by atoms with Gasteiger partial charge in [0.05, 0.1) is 17.6 Å². The third-order valence-corrected chi connectivity index (χ3v) is 7.06. The number of nitrogens with one attached hydrogen (secondary N) is 1. The molecule has 3 unspecified atom stereocenters. The Morgan fingerprint density at radius 1 is 1.17 bits per heavy atom. The molecular weight excluding hydrogens is 394 g/mol. The van der Waals surface area contributed by atoms with E-state index in [1.165, 1.54) is 6.42 Å². The zero-order valence-corrected chi connectivity index (χ0v) is 18.9. The molecule has 0 aliphatic carbocycles. The van der Waals surface area contributed by atoms with Gasteiger partial charge in [0.15, 0.2) is 5.82 Å². The maximum absolute atomic E-state index is 5.92. The van der Waals surface area contributed by atoms with E-state index in [1.807, 2.05) is 30.1 Å². The van der Waals surface area contributed by atoms with Crippen molar-refractivity contribution in [2.45, 2.75) is 38.9 Å². The molecule has 5 rings (SSSR count). The van der Waals surface area contributed by atoms with Crippen molar-refractivity contribution in [2.24, 2.45) is 10.9 Å². The molecule has 158 valence electrons. The van der Waals surface area contributed by atoms with Gasteiger partial charge in [0, 0.05) is 25.8 Å². The fourth-order valence-electron chi connectivity index (χ4n) is 4.70. The number of aliphatic imine (C=N–C) groups is 1. The summed E-state index contributed by atoms with van der Waals surface area (Å²) >= 11 is 5.92. The third kappa shape index (κ3) is 3.09. The second kappa shape index (κ2) is 7.35. The van der Waals surface area contributed by atoms with Gasteiger partial charge in [-0.15, -0.1) is 0 Å². The minimum Gasteiger partial charge on any atom is -0.340 e. The van der Waals surface area contributed by atoms with E-state index in [0.29, 0.717) is 5.92 Å². The van der Waals surface area contributed by atoms with Gasteiger partial charge < -0.3 is 15.1 Å². The van der Waals surface area contributed by atoms with Crippen LogP contribution in [-0.2, 0) is 6.54 Å². The average Bonchev–Trinajstić information content (AvgIpc) is 3.38. The van der Waals surface area contributed by atoms with Crippen molar-refractivity contribution in [1.82, 2.24) is 19.6 Å². The number of fused-ring (bicyclic) bond motifs is 3. The summed E-state index contributed by atoms with van der Waals surface area (Å²) in [6.07, 6.45) is 1.19. The van der Waals surface area contributed by atoms with Gasteiger partial charge in [-0.1, -0.05) is 30.4 Å². The van der Waals surface area contributed by atoms with Crippen molar-refractivity contribution in [3.05, 3.63) is 35.9 Å². The fourth-order valence-corrected chi connectivity index (χ4v) is 4.97. The quantitative estimate of drug-likeness (QED) is 0.763. The molecule has 30 heavy (non-hydrogen) atoms. The first-order chi connectivity index (χ1) is 14.4.